The molecule has 3 N–H and O–H groups in total. The van der Waals surface area contributed by atoms with Gasteiger partial charge in [0, 0.05) is 5.71 Å². The van der Waals surface area contributed by atoms with Gasteiger partial charge in [-0.05, 0) is 31.6 Å². The number of nitrogens with two attached hydrogens (primary N) is 1. The molecule has 74 valence electrons. The van der Waals surface area contributed by atoms with Crippen molar-refractivity contribution in [2.75, 3.05) is 0 Å². The summed E-state index contributed by atoms with van der Waals surface area (Å²) in [6, 6.07) is -0.579. The smallest absolute Gasteiger partial charge is 0.332 e. The van der Waals surface area contributed by atoms with Gasteiger partial charge < -0.3 is 5.73 Å². The molecule has 4 nitrogen and oxygen atoms in total. The Balaban J connectivity index is 2.41. The average molecular weight is 183 g/mol. The lowest BCUT2D eigenvalue weighted by atomic mass is 10.0. The van der Waals surface area contributed by atoms with E-state index in [1.54, 1.807) is 0 Å². The molecule has 1 aliphatic rings. The number of nitrogens with zero attached hydrogens (tertiary/aromatic N) is 1. The number of hydrazone groups is 1. The first-order chi connectivity index (χ1) is 6.18. The molecule has 0 aromatic heterocycles. The van der Waals surface area contributed by atoms with E-state index in [4.69, 9.17) is 5.73 Å². The van der Waals surface area contributed by atoms with Crippen LogP contribution in [-0.2, 0) is 0 Å². The fourth-order valence-electron chi connectivity index (χ4n) is 1.58. The second kappa shape index (κ2) is 4.84. The number of carbonyl (C=O) groups excluding carboxylic acids is 1. The molecule has 1 fully saturated rings. The number of urea groups is 1. The molecule has 0 aliphatic heterocycles. The highest BCUT2D eigenvalue weighted by atomic mass is 16.2. The lowest BCUT2D eigenvalue weighted by Gasteiger charge is -2.03. The van der Waals surface area contributed by atoms with Gasteiger partial charge in [0.2, 0.25) is 0 Å². The summed E-state index contributed by atoms with van der Waals surface area (Å²) in [4.78, 5) is 10.4. The summed E-state index contributed by atoms with van der Waals surface area (Å²) in [6.45, 7) is 2.25. The Morgan fingerprint density at radius 2 is 2.31 bits per heavy atom. The molecule has 13 heavy (non-hydrogen) atoms. The van der Waals surface area contributed by atoms with Crippen molar-refractivity contribution < 1.29 is 4.79 Å². The highest BCUT2D eigenvalue weighted by Gasteiger charge is 2.11. The van der Waals surface area contributed by atoms with Gasteiger partial charge in [0.15, 0.2) is 0 Å². The molecule has 0 aromatic rings. The highest BCUT2D eigenvalue weighted by Crippen LogP contribution is 2.20. The number of rotatable bonds is 1. The number of amides is 2. The molecule has 0 heterocycles. The summed E-state index contributed by atoms with van der Waals surface area (Å²) >= 11 is 0. The second-order valence-electron chi connectivity index (χ2n) is 3.69. The molecule has 1 aliphatic carbocycles. The first-order valence-corrected chi connectivity index (χ1v) is 4.79. The van der Waals surface area contributed by atoms with Crippen LogP contribution in [-0.4, -0.2) is 11.7 Å². The zero-order valence-corrected chi connectivity index (χ0v) is 8.05. The van der Waals surface area contributed by atoms with Crippen LogP contribution < -0.4 is 11.2 Å². The monoisotopic (exact) mass is 183 g/mol. The quantitative estimate of drug-likeness (QED) is 0.470. The van der Waals surface area contributed by atoms with Gasteiger partial charge in [-0.1, -0.05) is 13.3 Å². The summed E-state index contributed by atoms with van der Waals surface area (Å²) in [7, 11) is 0. The van der Waals surface area contributed by atoms with Crippen LogP contribution in [0.15, 0.2) is 5.10 Å². The fourth-order valence-corrected chi connectivity index (χ4v) is 1.58. The number of hydrogen-bond acceptors (Lipinski definition) is 2. The number of nitrogens with one attached hydrogen (secondary N) is 1. The van der Waals surface area contributed by atoms with Crippen molar-refractivity contribution in [2.24, 2.45) is 16.8 Å². The molecule has 1 saturated carbocycles. The van der Waals surface area contributed by atoms with Crippen LogP contribution in [0, 0.1) is 5.92 Å². The molecule has 1 atom stereocenters. The van der Waals surface area contributed by atoms with Crippen LogP contribution in [0.3, 0.4) is 0 Å². The van der Waals surface area contributed by atoms with E-state index in [0.717, 1.165) is 24.5 Å². The number of carbonyl (C=O) groups is 1. The minimum atomic E-state index is -0.579. The Hall–Kier alpha value is -1.06. The molecule has 0 spiro atoms. The van der Waals surface area contributed by atoms with Crippen molar-refractivity contribution in [3.8, 4) is 0 Å². The van der Waals surface area contributed by atoms with Gasteiger partial charge in [0.25, 0.3) is 0 Å². The lowest BCUT2D eigenvalue weighted by molar-refractivity contribution is 0.249. The molecule has 0 bridgehead atoms. The molecule has 4 heteroatoms. The maximum Gasteiger partial charge on any atom is 0.332 e. The zero-order chi connectivity index (χ0) is 9.68. The van der Waals surface area contributed by atoms with E-state index in [1.807, 2.05) is 0 Å². The van der Waals surface area contributed by atoms with Crippen LogP contribution in [0.4, 0.5) is 4.79 Å². The zero-order valence-electron chi connectivity index (χ0n) is 8.05. The normalized spacial score (nSPS) is 26.8. The molecule has 0 aromatic carbocycles. The molecule has 1 rings (SSSR count). The fraction of sp³-hybridized carbons (Fsp3) is 0.778. The largest absolute Gasteiger partial charge is 0.350 e. The van der Waals surface area contributed by atoms with Crippen molar-refractivity contribution in [1.29, 1.82) is 0 Å². The second-order valence-corrected chi connectivity index (χ2v) is 3.69. The summed E-state index contributed by atoms with van der Waals surface area (Å²) in [5.41, 5.74) is 8.28. The standard InChI is InChI=1S/C9H17N3O/c1-7-3-2-4-8(6-5-7)11-12-9(10)13/h7H,2-6H2,1H3,(H3,10,12,13)/b11-8-/t7-/m1/s1. The van der Waals surface area contributed by atoms with E-state index < -0.39 is 6.03 Å². The van der Waals surface area contributed by atoms with E-state index in [0.29, 0.717) is 0 Å². The van der Waals surface area contributed by atoms with E-state index in [9.17, 15) is 4.79 Å². The van der Waals surface area contributed by atoms with Crippen LogP contribution >= 0.6 is 0 Å². The van der Waals surface area contributed by atoms with Gasteiger partial charge in [-0.25, -0.2) is 10.2 Å². The van der Waals surface area contributed by atoms with Gasteiger partial charge in [0.1, 0.15) is 0 Å². The number of primary amides is 1. The SMILES string of the molecule is C[C@@H]1CCC/C(=N/NC(N)=O)CC1. The topological polar surface area (TPSA) is 67.5 Å². The Kier molecular flexibility index (Phi) is 3.73. The summed E-state index contributed by atoms with van der Waals surface area (Å²) in [6.07, 6.45) is 5.57. The predicted octanol–water partition coefficient (Wildman–Crippen LogP) is 1.61. The van der Waals surface area contributed by atoms with Gasteiger partial charge >= 0.3 is 6.03 Å². The lowest BCUT2D eigenvalue weighted by Crippen LogP contribution is -2.25. The third-order valence-electron chi connectivity index (χ3n) is 2.41. The molecular weight excluding hydrogens is 166 g/mol. The summed E-state index contributed by atoms with van der Waals surface area (Å²) in [5.74, 6) is 0.779. The molecular formula is C9H17N3O. The number of hydrogen-bond donors (Lipinski definition) is 2. The van der Waals surface area contributed by atoms with E-state index in [2.05, 4.69) is 17.5 Å². The van der Waals surface area contributed by atoms with Crippen molar-refractivity contribution in [1.82, 2.24) is 5.43 Å². The Labute approximate surface area is 78.6 Å². The summed E-state index contributed by atoms with van der Waals surface area (Å²) < 4.78 is 0. The minimum Gasteiger partial charge on any atom is -0.350 e. The maximum atomic E-state index is 10.4. The first kappa shape index (κ1) is 10.0. The van der Waals surface area contributed by atoms with E-state index in [-0.39, 0.29) is 0 Å². The maximum absolute atomic E-state index is 10.4. The van der Waals surface area contributed by atoms with Gasteiger partial charge in [-0.3, -0.25) is 0 Å². The molecule has 2 amide bonds. The van der Waals surface area contributed by atoms with Crippen molar-refractivity contribution in [3.05, 3.63) is 0 Å². The third-order valence-corrected chi connectivity index (χ3v) is 2.41. The van der Waals surface area contributed by atoms with E-state index in [1.165, 1.54) is 19.3 Å². The van der Waals surface area contributed by atoms with Crippen molar-refractivity contribution in [2.45, 2.75) is 39.0 Å². The van der Waals surface area contributed by atoms with Gasteiger partial charge in [-0.15, -0.1) is 0 Å². The average Bonchev–Trinajstić information content (AvgIpc) is 2.27. The van der Waals surface area contributed by atoms with Gasteiger partial charge in [-0.2, -0.15) is 5.10 Å². The highest BCUT2D eigenvalue weighted by molar-refractivity contribution is 5.86. The van der Waals surface area contributed by atoms with Crippen LogP contribution in [0.5, 0.6) is 0 Å². The summed E-state index contributed by atoms with van der Waals surface area (Å²) in [5, 5.41) is 3.97. The predicted molar refractivity (Wildman–Crippen MR) is 52.4 cm³/mol. The third kappa shape index (κ3) is 3.92. The molecule has 0 unspecified atom stereocenters. The van der Waals surface area contributed by atoms with Gasteiger partial charge in [0.05, 0.1) is 0 Å². The van der Waals surface area contributed by atoms with Crippen molar-refractivity contribution in [3.63, 3.8) is 0 Å². The Morgan fingerprint density at radius 3 is 3.00 bits per heavy atom. The minimum absolute atomic E-state index is 0.579. The van der Waals surface area contributed by atoms with E-state index >= 15 is 0 Å². The van der Waals surface area contributed by atoms with Crippen LogP contribution in [0.1, 0.15) is 39.0 Å². The first-order valence-electron chi connectivity index (χ1n) is 4.79. The Bertz CT molecular complexity index is 213. The molecule has 0 saturated heterocycles. The van der Waals surface area contributed by atoms with Crippen LogP contribution in [0.2, 0.25) is 0 Å². The Morgan fingerprint density at radius 1 is 1.54 bits per heavy atom. The van der Waals surface area contributed by atoms with Crippen molar-refractivity contribution >= 4 is 11.7 Å². The van der Waals surface area contributed by atoms with Crippen LogP contribution in [0.25, 0.3) is 0 Å². The molecule has 0 radical (unpaired) electrons.